The predicted molar refractivity (Wildman–Crippen MR) is 135 cm³/mol. The molecular formula is C25H29N3O3S2. The number of anilines is 1. The Hall–Kier alpha value is -2.68. The number of carbonyl (C=O) groups is 2. The summed E-state index contributed by atoms with van der Waals surface area (Å²) in [6.45, 7) is 9.12. The van der Waals surface area contributed by atoms with Gasteiger partial charge >= 0.3 is 6.09 Å². The Bertz CT molecular complexity index is 1090. The zero-order chi connectivity index (χ0) is 23.4. The van der Waals surface area contributed by atoms with Crippen LogP contribution in [0.2, 0.25) is 0 Å². The molecule has 1 aliphatic rings. The number of nitrogens with zero attached hydrogens (tertiary/aromatic N) is 2. The molecule has 0 unspecified atom stereocenters. The number of hydrogen-bond donors (Lipinski definition) is 1. The van der Waals surface area contributed by atoms with Crippen molar-refractivity contribution in [2.24, 2.45) is 0 Å². The predicted octanol–water partition coefficient (Wildman–Crippen LogP) is 5.54. The Kier molecular flexibility index (Phi) is 7.47. The molecule has 1 N–H and O–H groups in total. The van der Waals surface area contributed by atoms with Crippen LogP contribution in [0.25, 0.3) is 0 Å². The van der Waals surface area contributed by atoms with Crippen molar-refractivity contribution >= 4 is 39.7 Å². The van der Waals surface area contributed by atoms with Crippen molar-refractivity contribution in [2.75, 3.05) is 38.1 Å². The van der Waals surface area contributed by atoms with Gasteiger partial charge in [0.15, 0.2) is 0 Å². The van der Waals surface area contributed by atoms with E-state index < -0.39 is 0 Å². The van der Waals surface area contributed by atoms with Crippen LogP contribution in [0, 0.1) is 13.8 Å². The van der Waals surface area contributed by atoms with Crippen LogP contribution in [-0.4, -0.2) is 54.6 Å². The second-order valence-corrected chi connectivity index (χ2v) is 10.2. The van der Waals surface area contributed by atoms with Crippen molar-refractivity contribution < 1.29 is 14.3 Å². The van der Waals surface area contributed by atoms with Gasteiger partial charge in [0.2, 0.25) is 0 Å². The lowest BCUT2D eigenvalue weighted by atomic mass is 9.94. The summed E-state index contributed by atoms with van der Waals surface area (Å²) < 4.78 is 5.19. The summed E-state index contributed by atoms with van der Waals surface area (Å²) in [5, 5.41) is 5.99. The first-order chi connectivity index (χ1) is 16.0. The van der Waals surface area contributed by atoms with Gasteiger partial charge in [-0.3, -0.25) is 9.69 Å². The summed E-state index contributed by atoms with van der Waals surface area (Å²) in [4.78, 5) is 31.2. The smallest absolute Gasteiger partial charge is 0.409 e. The minimum Gasteiger partial charge on any atom is -0.450 e. The Morgan fingerprint density at radius 1 is 1.06 bits per heavy atom. The average Bonchev–Trinajstić information content (AvgIpc) is 3.46. The van der Waals surface area contributed by atoms with E-state index in [0.717, 1.165) is 23.7 Å². The van der Waals surface area contributed by atoms with Gasteiger partial charge in [-0.15, -0.1) is 22.7 Å². The molecule has 33 heavy (non-hydrogen) atoms. The maximum Gasteiger partial charge on any atom is 0.409 e. The molecular weight excluding hydrogens is 454 g/mol. The fourth-order valence-electron chi connectivity index (χ4n) is 4.21. The van der Waals surface area contributed by atoms with Crippen LogP contribution in [0.3, 0.4) is 0 Å². The molecule has 1 aliphatic heterocycles. The quantitative estimate of drug-likeness (QED) is 0.500. The van der Waals surface area contributed by atoms with Crippen LogP contribution in [0.1, 0.15) is 44.2 Å². The molecule has 2 aromatic heterocycles. The standard InChI is InChI=1S/C25H29N3O3S2/c1-4-31-25(30)28-14-12-27(13-15-28)22(19-9-6-5-7-10-19)21-17(2)18(3)33-24(21)26-23(29)20-11-8-16-32-20/h5-11,16,22H,4,12-15H2,1-3H3,(H,26,29)/t22-/m0/s1. The molecule has 0 aliphatic carbocycles. The third kappa shape index (κ3) is 5.13. The zero-order valence-electron chi connectivity index (χ0n) is 19.2. The minimum absolute atomic E-state index is 0.0147. The van der Waals surface area contributed by atoms with Gasteiger partial charge in [0.25, 0.3) is 5.91 Å². The molecule has 1 saturated heterocycles. The normalized spacial score (nSPS) is 15.3. The summed E-state index contributed by atoms with van der Waals surface area (Å²) in [5.74, 6) is -0.0774. The highest BCUT2D eigenvalue weighted by atomic mass is 32.1. The summed E-state index contributed by atoms with van der Waals surface area (Å²) in [6, 6.07) is 14.1. The molecule has 0 spiro atoms. The van der Waals surface area contributed by atoms with Crippen molar-refractivity contribution in [3.8, 4) is 0 Å². The lowest BCUT2D eigenvalue weighted by Crippen LogP contribution is -2.50. The summed E-state index contributed by atoms with van der Waals surface area (Å²) >= 11 is 3.07. The van der Waals surface area contributed by atoms with Crippen molar-refractivity contribution in [2.45, 2.75) is 26.8 Å². The van der Waals surface area contributed by atoms with Gasteiger partial charge in [-0.2, -0.15) is 0 Å². The van der Waals surface area contributed by atoms with Crippen LogP contribution in [0.5, 0.6) is 0 Å². The van der Waals surface area contributed by atoms with E-state index in [4.69, 9.17) is 4.74 Å². The van der Waals surface area contributed by atoms with E-state index in [-0.39, 0.29) is 18.0 Å². The second-order valence-electron chi connectivity index (χ2n) is 7.99. The number of rotatable bonds is 6. The van der Waals surface area contributed by atoms with Gasteiger partial charge in [0.05, 0.1) is 17.5 Å². The molecule has 4 rings (SSSR count). The van der Waals surface area contributed by atoms with E-state index in [1.54, 1.807) is 16.2 Å². The Morgan fingerprint density at radius 3 is 2.42 bits per heavy atom. The fraction of sp³-hybridized carbons (Fsp3) is 0.360. The van der Waals surface area contributed by atoms with Gasteiger partial charge < -0.3 is 15.0 Å². The minimum atomic E-state index is -0.250. The van der Waals surface area contributed by atoms with Crippen molar-refractivity contribution in [1.29, 1.82) is 0 Å². The fourth-order valence-corrected chi connectivity index (χ4v) is 5.92. The lowest BCUT2D eigenvalue weighted by molar-refractivity contribution is 0.0715. The maximum atomic E-state index is 12.9. The maximum absolute atomic E-state index is 12.9. The van der Waals surface area contributed by atoms with Gasteiger partial charge in [0, 0.05) is 36.6 Å². The summed E-state index contributed by atoms with van der Waals surface area (Å²) in [7, 11) is 0. The van der Waals surface area contributed by atoms with Gasteiger partial charge in [0.1, 0.15) is 5.00 Å². The molecule has 6 nitrogen and oxygen atoms in total. The third-order valence-corrected chi connectivity index (χ3v) is 8.01. The zero-order valence-corrected chi connectivity index (χ0v) is 20.8. The monoisotopic (exact) mass is 483 g/mol. The van der Waals surface area contributed by atoms with Gasteiger partial charge in [-0.05, 0) is 43.3 Å². The van der Waals surface area contributed by atoms with Crippen LogP contribution in [-0.2, 0) is 4.74 Å². The Balaban J connectivity index is 1.66. The summed E-state index contributed by atoms with van der Waals surface area (Å²) in [5.41, 5.74) is 3.51. The summed E-state index contributed by atoms with van der Waals surface area (Å²) in [6.07, 6.45) is -0.250. The highest BCUT2D eigenvalue weighted by Gasteiger charge is 2.32. The number of amides is 2. The van der Waals surface area contributed by atoms with E-state index >= 15 is 0 Å². The number of carbonyl (C=O) groups excluding carboxylic acids is 2. The Labute approximate surface area is 202 Å². The Morgan fingerprint density at radius 2 is 1.79 bits per heavy atom. The number of ether oxygens (including phenoxy) is 1. The first-order valence-electron chi connectivity index (χ1n) is 11.1. The van der Waals surface area contributed by atoms with Gasteiger partial charge in [-0.1, -0.05) is 36.4 Å². The molecule has 2 amide bonds. The number of benzene rings is 1. The van der Waals surface area contributed by atoms with E-state index in [1.807, 2.05) is 30.5 Å². The van der Waals surface area contributed by atoms with Crippen LogP contribution >= 0.6 is 22.7 Å². The largest absolute Gasteiger partial charge is 0.450 e. The first kappa shape index (κ1) is 23.5. The molecule has 0 saturated carbocycles. The van der Waals surface area contributed by atoms with Crippen LogP contribution in [0.15, 0.2) is 47.8 Å². The third-order valence-electron chi connectivity index (χ3n) is 6.00. The molecule has 174 valence electrons. The number of thiophene rings is 2. The molecule has 0 bridgehead atoms. The molecule has 8 heteroatoms. The molecule has 0 radical (unpaired) electrons. The van der Waals surface area contributed by atoms with E-state index in [9.17, 15) is 9.59 Å². The number of aryl methyl sites for hydroxylation is 1. The average molecular weight is 484 g/mol. The lowest BCUT2D eigenvalue weighted by Gasteiger charge is -2.39. The van der Waals surface area contributed by atoms with E-state index in [1.165, 1.54) is 27.3 Å². The van der Waals surface area contributed by atoms with Crippen molar-refractivity contribution in [1.82, 2.24) is 9.80 Å². The number of piperazine rings is 1. The van der Waals surface area contributed by atoms with Crippen LogP contribution in [0.4, 0.5) is 9.80 Å². The van der Waals surface area contributed by atoms with Crippen molar-refractivity contribution in [3.63, 3.8) is 0 Å². The second kappa shape index (κ2) is 10.5. The van der Waals surface area contributed by atoms with E-state index in [0.29, 0.717) is 24.6 Å². The topological polar surface area (TPSA) is 61.9 Å². The van der Waals surface area contributed by atoms with Gasteiger partial charge in [-0.25, -0.2) is 4.79 Å². The van der Waals surface area contributed by atoms with E-state index in [2.05, 4.69) is 48.3 Å². The SMILES string of the molecule is CCOC(=O)N1CCN([C@@H](c2ccccc2)c2c(NC(=O)c3cccs3)sc(C)c2C)CC1. The molecule has 1 aromatic carbocycles. The first-order valence-corrected chi connectivity index (χ1v) is 12.8. The number of hydrogen-bond acceptors (Lipinski definition) is 6. The highest BCUT2D eigenvalue weighted by molar-refractivity contribution is 7.17. The molecule has 1 fully saturated rings. The molecule has 3 aromatic rings. The van der Waals surface area contributed by atoms with Crippen LogP contribution < -0.4 is 5.32 Å². The van der Waals surface area contributed by atoms with Crippen molar-refractivity contribution in [3.05, 3.63) is 74.3 Å². The highest BCUT2D eigenvalue weighted by Crippen LogP contribution is 2.42. The number of nitrogens with one attached hydrogen (secondary N) is 1. The molecule has 3 heterocycles. The molecule has 1 atom stereocenters.